The van der Waals surface area contributed by atoms with E-state index in [9.17, 15) is 4.79 Å². The van der Waals surface area contributed by atoms with Gasteiger partial charge in [-0.25, -0.2) is 4.79 Å². The number of nitrogens with zero attached hydrogens (tertiary/aromatic N) is 2. The van der Waals surface area contributed by atoms with Crippen LogP contribution in [-0.2, 0) is 0 Å². The molecule has 5 nitrogen and oxygen atoms in total. The minimum atomic E-state index is -1.03. The number of aromatic nitrogens is 2. The van der Waals surface area contributed by atoms with Crippen molar-refractivity contribution < 1.29 is 9.90 Å². The molecule has 0 aromatic carbocycles. The van der Waals surface area contributed by atoms with Crippen molar-refractivity contribution in [1.29, 1.82) is 0 Å². The third kappa shape index (κ3) is 2.03. The predicted molar refractivity (Wildman–Crippen MR) is 50.7 cm³/mol. The first-order valence-electron chi connectivity index (χ1n) is 3.52. The summed E-state index contributed by atoms with van der Waals surface area (Å²) in [4.78, 5) is 12.4. The maximum absolute atomic E-state index is 10.8. The third-order valence-electron chi connectivity index (χ3n) is 1.44. The number of aromatic amines is 1. The monoisotopic (exact) mass is 199 g/mol. The molecule has 2 N–H and O–H groups in total. The summed E-state index contributed by atoms with van der Waals surface area (Å²) in [6.45, 7) is 0. The molecule has 6 heteroatoms. The van der Waals surface area contributed by atoms with Gasteiger partial charge < -0.3 is 10.0 Å². The van der Waals surface area contributed by atoms with E-state index in [1.807, 2.05) is 0 Å². The summed E-state index contributed by atoms with van der Waals surface area (Å²) < 4.78 is 0.308. The Morgan fingerprint density at radius 3 is 2.77 bits per heavy atom. The first-order valence-corrected chi connectivity index (χ1v) is 3.93. The molecule has 13 heavy (non-hydrogen) atoms. The molecule has 1 aromatic rings. The van der Waals surface area contributed by atoms with Gasteiger partial charge in [-0.3, -0.25) is 5.10 Å². The van der Waals surface area contributed by atoms with E-state index in [0.717, 1.165) is 0 Å². The Morgan fingerprint density at radius 2 is 2.31 bits per heavy atom. The van der Waals surface area contributed by atoms with Gasteiger partial charge in [0.1, 0.15) is 10.2 Å². The fourth-order valence-electron chi connectivity index (χ4n) is 0.894. The lowest BCUT2D eigenvalue weighted by Crippen LogP contribution is -2.16. The van der Waals surface area contributed by atoms with Gasteiger partial charge in [-0.1, -0.05) is 12.2 Å². The highest BCUT2D eigenvalue weighted by Crippen LogP contribution is 2.13. The molecule has 1 rings (SSSR count). The van der Waals surface area contributed by atoms with Crippen LogP contribution < -0.4 is 4.90 Å². The molecule has 70 valence electrons. The number of aromatic carboxylic acids is 1. The van der Waals surface area contributed by atoms with Crippen molar-refractivity contribution in [1.82, 2.24) is 10.2 Å². The number of rotatable bonds is 2. The van der Waals surface area contributed by atoms with Gasteiger partial charge in [0, 0.05) is 14.1 Å². The van der Waals surface area contributed by atoms with Crippen LogP contribution in [0.1, 0.15) is 10.4 Å². The molecular weight excluding hydrogens is 190 g/mol. The van der Waals surface area contributed by atoms with E-state index < -0.39 is 5.97 Å². The summed E-state index contributed by atoms with van der Waals surface area (Å²) in [5.74, 6) is -0.669. The van der Waals surface area contributed by atoms with Crippen LogP contribution in [0.3, 0.4) is 0 Å². The van der Waals surface area contributed by atoms with Gasteiger partial charge in [0.2, 0.25) is 0 Å². The standard InChI is InChI=1S/C7H9N3O2S/c1-10(2)6-4(7(11)12)3-5(13)8-9-6/h3H,1-2H3,(H,8,13)(H,11,12). The largest absolute Gasteiger partial charge is 0.478 e. The topological polar surface area (TPSA) is 69.2 Å². The van der Waals surface area contributed by atoms with Crippen LogP contribution in [0.25, 0.3) is 0 Å². The fourth-order valence-corrected chi connectivity index (χ4v) is 1.06. The maximum Gasteiger partial charge on any atom is 0.339 e. The molecule has 1 aromatic heterocycles. The normalized spacial score (nSPS) is 9.69. The fraction of sp³-hybridized carbons (Fsp3) is 0.286. The molecule has 1 heterocycles. The van der Waals surface area contributed by atoms with Crippen molar-refractivity contribution in [2.45, 2.75) is 0 Å². The van der Waals surface area contributed by atoms with Crippen molar-refractivity contribution in [2.75, 3.05) is 19.0 Å². The Kier molecular flexibility index (Phi) is 2.62. The third-order valence-corrected chi connectivity index (χ3v) is 1.65. The van der Waals surface area contributed by atoms with Crippen LogP contribution in [-0.4, -0.2) is 35.4 Å². The Hall–Kier alpha value is -1.43. The van der Waals surface area contributed by atoms with Crippen LogP contribution in [0.5, 0.6) is 0 Å². The molecule has 0 unspecified atom stereocenters. The second-order valence-corrected chi connectivity index (χ2v) is 3.11. The second-order valence-electron chi connectivity index (χ2n) is 2.67. The summed E-state index contributed by atoms with van der Waals surface area (Å²) in [5, 5.41) is 15.2. The lowest BCUT2D eigenvalue weighted by molar-refractivity contribution is 0.0697. The van der Waals surface area contributed by atoms with Gasteiger partial charge in [-0.15, -0.1) is 0 Å². The number of nitrogens with one attached hydrogen (secondary N) is 1. The van der Waals surface area contributed by atoms with E-state index in [1.54, 1.807) is 19.0 Å². The molecule has 0 amide bonds. The lowest BCUT2D eigenvalue weighted by Gasteiger charge is -2.12. The Balaban J connectivity index is 3.35. The number of hydrogen-bond donors (Lipinski definition) is 2. The lowest BCUT2D eigenvalue weighted by atomic mass is 10.3. The second kappa shape index (κ2) is 3.53. The van der Waals surface area contributed by atoms with Gasteiger partial charge >= 0.3 is 5.97 Å². The molecular formula is C7H9N3O2S. The number of carbonyl (C=O) groups is 1. The van der Waals surface area contributed by atoms with E-state index in [-0.39, 0.29) is 5.56 Å². The highest BCUT2D eigenvalue weighted by Gasteiger charge is 2.12. The SMILES string of the molecule is CN(C)c1n[nH]c(=S)cc1C(=O)O. The van der Waals surface area contributed by atoms with Crippen molar-refractivity contribution in [3.8, 4) is 0 Å². The van der Waals surface area contributed by atoms with Crippen molar-refractivity contribution in [3.63, 3.8) is 0 Å². The molecule has 0 bridgehead atoms. The number of H-pyrrole nitrogens is 1. The number of anilines is 1. The van der Waals surface area contributed by atoms with Crippen molar-refractivity contribution in [3.05, 3.63) is 16.3 Å². The predicted octanol–water partition coefficient (Wildman–Crippen LogP) is 0.903. The molecule has 0 saturated carbocycles. The highest BCUT2D eigenvalue weighted by molar-refractivity contribution is 7.71. The van der Waals surface area contributed by atoms with E-state index in [1.165, 1.54) is 6.07 Å². The van der Waals surface area contributed by atoms with Gasteiger partial charge in [-0.2, -0.15) is 5.10 Å². The zero-order valence-corrected chi connectivity index (χ0v) is 8.05. The summed E-state index contributed by atoms with van der Waals surface area (Å²) in [5.41, 5.74) is 0.105. The number of carboxylic acid groups (broad SMARTS) is 1. The zero-order chi connectivity index (χ0) is 10.0. The van der Waals surface area contributed by atoms with Crippen LogP contribution >= 0.6 is 12.2 Å². The van der Waals surface area contributed by atoms with E-state index in [2.05, 4.69) is 10.2 Å². The number of hydrogen-bond acceptors (Lipinski definition) is 4. The van der Waals surface area contributed by atoms with Crippen molar-refractivity contribution >= 4 is 24.0 Å². The van der Waals surface area contributed by atoms with Crippen LogP contribution in [0.15, 0.2) is 6.07 Å². The first kappa shape index (κ1) is 9.66. The van der Waals surface area contributed by atoms with Gasteiger partial charge in [0.15, 0.2) is 5.82 Å². The smallest absolute Gasteiger partial charge is 0.339 e. The Labute approximate surface area is 80.0 Å². The molecule has 0 atom stereocenters. The minimum absolute atomic E-state index is 0.105. The molecule has 0 spiro atoms. The van der Waals surface area contributed by atoms with E-state index in [4.69, 9.17) is 17.3 Å². The summed E-state index contributed by atoms with van der Waals surface area (Å²) >= 11 is 4.77. The Morgan fingerprint density at radius 1 is 1.69 bits per heavy atom. The number of carboxylic acids is 1. The van der Waals surface area contributed by atoms with E-state index in [0.29, 0.717) is 10.5 Å². The summed E-state index contributed by atoms with van der Waals surface area (Å²) in [6.07, 6.45) is 0. The van der Waals surface area contributed by atoms with Crippen LogP contribution in [0, 0.1) is 4.64 Å². The first-order chi connectivity index (χ1) is 6.02. The molecule has 0 aliphatic rings. The van der Waals surface area contributed by atoms with Crippen LogP contribution in [0.2, 0.25) is 0 Å². The zero-order valence-electron chi connectivity index (χ0n) is 7.24. The molecule has 0 fully saturated rings. The Bertz CT molecular complexity index is 386. The minimum Gasteiger partial charge on any atom is -0.478 e. The van der Waals surface area contributed by atoms with Gasteiger partial charge in [0.05, 0.1) is 0 Å². The molecule has 0 aliphatic carbocycles. The summed E-state index contributed by atoms with van der Waals surface area (Å²) in [6, 6.07) is 1.38. The van der Waals surface area contributed by atoms with Gasteiger partial charge in [-0.05, 0) is 6.07 Å². The maximum atomic E-state index is 10.8. The summed E-state index contributed by atoms with van der Waals surface area (Å²) in [7, 11) is 3.43. The average Bonchev–Trinajstić information content (AvgIpc) is 2.03. The van der Waals surface area contributed by atoms with Crippen LogP contribution in [0.4, 0.5) is 5.82 Å². The highest BCUT2D eigenvalue weighted by atomic mass is 32.1. The van der Waals surface area contributed by atoms with Crippen molar-refractivity contribution in [2.24, 2.45) is 0 Å². The average molecular weight is 199 g/mol. The van der Waals surface area contributed by atoms with E-state index >= 15 is 0 Å². The molecule has 0 saturated heterocycles. The molecule has 0 radical (unpaired) electrons. The quantitative estimate of drug-likeness (QED) is 0.693. The molecule has 0 aliphatic heterocycles. The van der Waals surface area contributed by atoms with Gasteiger partial charge in [0.25, 0.3) is 0 Å².